The van der Waals surface area contributed by atoms with Crippen LogP contribution >= 0.6 is 0 Å². The topological polar surface area (TPSA) is 49.3 Å². The van der Waals surface area contributed by atoms with Gasteiger partial charge in [-0.3, -0.25) is 4.79 Å². The van der Waals surface area contributed by atoms with Crippen molar-refractivity contribution >= 4 is 5.91 Å². The lowest BCUT2D eigenvalue weighted by Gasteiger charge is -2.46. The van der Waals surface area contributed by atoms with Crippen LogP contribution in [0.5, 0.6) is 0 Å². The minimum atomic E-state index is -0.346. The SMILES string of the molecule is CCCC1(C(O)c2ccc([C@H]3CC(=O)N3)cc2)CCC1. The van der Waals surface area contributed by atoms with Gasteiger partial charge in [0.05, 0.1) is 18.6 Å². The Kier molecular flexibility index (Phi) is 3.55. The number of nitrogens with one attached hydrogen (secondary N) is 1. The molecule has 108 valence electrons. The molecule has 0 spiro atoms. The van der Waals surface area contributed by atoms with Crippen LogP contribution < -0.4 is 5.32 Å². The molecule has 0 aromatic heterocycles. The lowest BCUT2D eigenvalue weighted by Crippen LogP contribution is -2.41. The summed E-state index contributed by atoms with van der Waals surface area (Å²) >= 11 is 0. The third-order valence-electron chi connectivity index (χ3n) is 5.06. The molecule has 0 bridgehead atoms. The van der Waals surface area contributed by atoms with Crippen molar-refractivity contribution in [3.63, 3.8) is 0 Å². The highest BCUT2D eigenvalue weighted by Gasteiger charge is 2.43. The highest BCUT2D eigenvalue weighted by atomic mass is 16.3. The van der Waals surface area contributed by atoms with E-state index >= 15 is 0 Å². The molecule has 20 heavy (non-hydrogen) atoms. The second-order valence-electron chi connectivity index (χ2n) is 6.36. The monoisotopic (exact) mass is 273 g/mol. The lowest BCUT2D eigenvalue weighted by molar-refractivity contribution is -0.128. The van der Waals surface area contributed by atoms with E-state index in [0.29, 0.717) is 6.42 Å². The van der Waals surface area contributed by atoms with E-state index in [1.54, 1.807) is 0 Å². The molecule has 1 aliphatic carbocycles. The number of amides is 1. The Morgan fingerprint density at radius 3 is 2.45 bits per heavy atom. The molecule has 1 amide bonds. The van der Waals surface area contributed by atoms with Gasteiger partial charge in [-0.2, -0.15) is 0 Å². The maximum absolute atomic E-state index is 11.0. The predicted molar refractivity (Wildman–Crippen MR) is 78.1 cm³/mol. The molecule has 1 heterocycles. The molecule has 1 aliphatic heterocycles. The van der Waals surface area contributed by atoms with Gasteiger partial charge in [0.1, 0.15) is 0 Å². The van der Waals surface area contributed by atoms with Crippen LogP contribution in [-0.4, -0.2) is 11.0 Å². The average molecular weight is 273 g/mol. The zero-order valence-corrected chi connectivity index (χ0v) is 12.1. The van der Waals surface area contributed by atoms with Gasteiger partial charge in [0.15, 0.2) is 0 Å². The van der Waals surface area contributed by atoms with Crippen LogP contribution in [0, 0.1) is 5.41 Å². The first-order valence-electron chi connectivity index (χ1n) is 7.72. The van der Waals surface area contributed by atoms with Crippen molar-refractivity contribution < 1.29 is 9.90 Å². The summed E-state index contributed by atoms with van der Waals surface area (Å²) in [5.41, 5.74) is 2.27. The standard InChI is InChI=1S/C17H23NO2/c1-2-8-17(9-3-10-17)16(20)13-6-4-12(5-7-13)14-11-15(19)18-14/h4-7,14,16,20H,2-3,8-11H2,1H3,(H,18,19)/t14-,16?/m1/s1. The van der Waals surface area contributed by atoms with Gasteiger partial charge in [0.2, 0.25) is 5.91 Å². The van der Waals surface area contributed by atoms with E-state index in [2.05, 4.69) is 12.2 Å². The van der Waals surface area contributed by atoms with Gasteiger partial charge in [0, 0.05) is 5.41 Å². The molecular weight excluding hydrogens is 250 g/mol. The Hall–Kier alpha value is -1.35. The Bertz CT molecular complexity index is 482. The molecular formula is C17H23NO2. The minimum Gasteiger partial charge on any atom is -0.388 e. The normalized spacial score (nSPS) is 25.3. The zero-order valence-electron chi connectivity index (χ0n) is 12.1. The van der Waals surface area contributed by atoms with Crippen LogP contribution in [-0.2, 0) is 4.79 Å². The van der Waals surface area contributed by atoms with E-state index in [1.807, 2.05) is 24.3 Å². The van der Waals surface area contributed by atoms with Crippen LogP contribution in [0.15, 0.2) is 24.3 Å². The van der Waals surface area contributed by atoms with Gasteiger partial charge in [-0.1, -0.05) is 44.0 Å². The molecule has 0 radical (unpaired) electrons. The summed E-state index contributed by atoms with van der Waals surface area (Å²) in [7, 11) is 0. The summed E-state index contributed by atoms with van der Waals surface area (Å²) in [6, 6.07) is 8.31. The van der Waals surface area contributed by atoms with Gasteiger partial charge >= 0.3 is 0 Å². The van der Waals surface area contributed by atoms with Gasteiger partial charge in [0.25, 0.3) is 0 Å². The van der Waals surface area contributed by atoms with Crippen molar-refractivity contribution in [1.82, 2.24) is 5.32 Å². The molecule has 1 saturated heterocycles. The highest BCUT2D eigenvalue weighted by Crippen LogP contribution is 2.53. The summed E-state index contributed by atoms with van der Waals surface area (Å²) in [5, 5.41) is 13.6. The number of hydrogen-bond donors (Lipinski definition) is 2. The maximum Gasteiger partial charge on any atom is 0.222 e. The summed E-state index contributed by atoms with van der Waals surface area (Å²) in [5.74, 6) is 0.121. The van der Waals surface area contributed by atoms with Crippen LogP contribution in [0.4, 0.5) is 0 Å². The maximum atomic E-state index is 11.0. The van der Waals surface area contributed by atoms with E-state index in [-0.39, 0.29) is 23.5 Å². The number of aliphatic hydroxyl groups is 1. The summed E-state index contributed by atoms with van der Waals surface area (Å²) in [4.78, 5) is 11.0. The van der Waals surface area contributed by atoms with E-state index < -0.39 is 0 Å². The van der Waals surface area contributed by atoms with E-state index in [9.17, 15) is 9.90 Å². The fraction of sp³-hybridized carbons (Fsp3) is 0.588. The molecule has 1 saturated carbocycles. The van der Waals surface area contributed by atoms with Crippen LogP contribution in [0.3, 0.4) is 0 Å². The van der Waals surface area contributed by atoms with Gasteiger partial charge in [-0.25, -0.2) is 0 Å². The molecule has 2 fully saturated rings. The average Bonchev–Trinajstić information content (AvgIpc) is 2.39. The lowest BCUT2D eigenvalue weighted by atomic mass is 9.61. The molecule has 2 N–H and O–H groups in total. The molecule has 3 rings (SSSR count). The van der Waals surface area contributed by atoms with Crippen LogP contribution in [0.25, 0.3) is 0 Å². The molecule has 1 aromatic rings. The van der Waals surface area contributed by atoms with Crippen LogP contribution in [0.2, 0.25) is 0 Å². The van der Waals surface area contributed by atoms with Crippen molar-refractivity contribution in [2.45, 2.75) is 57.6 Å². The Balaban J connectivity index is 1.72. The summed E-state index contributed by atoms with van der Waals surface area (Å²) in [6.07, 6.45) is 5.99. The van der Waals surface area contributed by atoms with Crippen molar-refractivity contribution in [3.8, 4) is 0 Å². The fourth-order valence-electron chi connectivity index (χ4n) is 3.61. The Morgan fingerprint density at radius 1 is 1.35 bits per heavy atom. The Morgan fingerprint density at radius 2 is 2.00 bits per heavy atom. The zero-order chi connectivity index (χ0) is 14.2. The third kappa shape index (κ3) is 2.24. The van der Waals surface area contributed by atoms with Gasteiger partial charge < -0.3 is 10.4 Å². The number of benzene rings is 1. The second-order valence-corrected chi connectivity index (χ2v) is 6.36. The van der Waals surface area contributed by atoms with E-state index in [0.717, 1.165) is 36.8 Å². The highest BCUT2D eigenvalue weighted by molar-refractivity contribution is 5.83. The number of aliphatic hydroxyl groups excluding tert-OH is 1. The van der Waals surface area contributed by atoms with Crippen molar-refractivity contribution in [2.75, 3.05) is 0 Å². The molecule has 3 nitrogen and oxygen atoms in total. The quantitative estimate of drug-likeness (QED) is 0.809. The summed E-state index contributed by atoms with van der Waals surface area (Å²) < 4.78 is 0. The van der Waals surface area contributed by atoms with Crippen molar-refractivity contribution in [2.24, 2.45) is 5.41 Å². The van der Waals surface area contributed by atoms with Gasteiger partial charge in [-0.05, 0) is 30.4 Å². The predicted octanol–water partition coefficient (Wildman–Crippen LogP) is 3.25. The van der Waals surface area contributed by atoms with Crippen LogP contribution in [0.1, 0.15) is 68.7 Å². The molecule has 1 aromatic carbocycles. The first-order chi connectivity index (χ1) is 9.64. The number of carbonyl (C=O) groups excluding carboxylic acids is 1. The molecule has 2 aliphatic rings. The largest absolute Gasteiger partial charge is 0.388 e. The van der Waals surface area contributed by atoms with Crippen molar-refractivity contribution in [1.29, 1.82) is 0 Å². The van der Waals surface area contributed by atoms with E-state index in [1.165, 1.54) is 6.42 Å². The summed E-state index contributed by atoms with van der Waals surface area (Å²) in [6.45, 7) is 2.19. The first-order valence-corrected chi connectivity index (χ1v) is 7.72. The molecule has 2 atom stereocenters. The number of rotatable bonds is 5. The third-order valence-corrected chi connectivity index (χ3v) is 5.06. The molecule has 1 unspecified atom stereocenters. The number of hydrogen-bond acceptors (Lipinski definition) is 2. The van der Waals surface area contributed by atoms with E-state index in [4.69, 9.17) is 0 Å². The number of carbonyl (C=O) groups is 1. The molecule has 3 heteroatoms. The first kappa shape index (κ1) is 13.6. The Labute approximate surface area is 120 Å². The fourth-order valence-corrected chi connectivity index (χ4v) is 3.61. The van der Waals surface area contributed by atoms with Crippen molar-refractivity contribution in [3.05, 3.63) is 35.4 Å². The minimum absolute atomic E-state index is 0.112. The second kappa shape index (κ2) is 5.21. The van der Waals surface area contributed by atoms with Gasteiger partial charge in [-0.15, -0.1) is 0 Å². The number of β-lactam (4-membered cyclic amide) rings is 1. The smallest absolute Gasteiger partial charge is 0.222 e.